The molecule has 11 nitrogen and oxygen atoms in total. The highest BCUT2D eigenvalue weighted by Gasteiger charge is 2.33. The third-order valence-electron chi connectivity index (χ3n) is 6.30. The third kappa shape index (κ3) is 6.31. The van der Waals surface area contributed by atoms with E-state index in [2.05, 4.69) is 4.98 Å². The van der Waals surface area contributed by atoms with E-state index in [9.17, 15) is 22.8 Å². The summed E-state index contributed by atoms with van der Waals surface area (Å²) in [6.07, 6.45) is 2.26. The molecule has 1 aliphatic rings. The van der Waals surface area contributed by atoms with E-state index in [4.69, 9.17) is 10.5 Å². The lowest BCUT2D eigenvalue weighted by Crippen LogP contribution is -2.48. The number of morpholine rings is 1. The summed E-state index contributed by atoms with van der Waals surface area (Å²) in [5.41, 5.74) is 4.85. The van der Waals surface area contributed by atoms with E-state index in [1.165, 1.54) is 38.0 Å². The number of nitrogens with zero attached hydrogens (tertiary/aromatic N) is 3. The number of aromatic amines is 1. The van der Waals surface area contributed by atoms with Gasteiger partial charge in [-0.3, -0.25) is 19.1 Å². The highest BCUT2D eigenvalue weighted by Crippen LogP contribution is 2.25. The summed E-state index contributed by atoms with van der Waals surface area (Å²) in [6, 6.07) is 5.77. The Morgan fingerprint density at radius 2 is 1.78 bits per heavy atom. The van der Waals surface area contributed by atoms with Crippen molar-refractivity contribution in [2.45, 2.75) is 77.0 Å². The average Bonchev–Trinajstić information content (AvgIpc) is 2.84. The molecule has 2 atom stereocenters. The van der Waals surface area contributed by atoms with Crippen LogP contribution in [0, 0.1) is 0 Å². The standard InChI is InChI=1S/C25H37N5O6S/c1-5-7-12-29(21-22(26)30(13-8-6-2)25(33)27-23(21)31)24(32)19-10-9-11-20(14-19)37(34,35)28-15-17(3)36-18(4)16-28/h9-11,14,17-18H,5-8,12-13,15-16,26H2,1-4H3,(H,27,31,33)/t17-,18-/m0/s1. The van der Waals surface area contributed by atoms with Crippen LogP contribution in [0.3, 0.4) is 0 Å². The molecule has 2 aromatic rings. The number of benzene rings is 1. The van der Waals surface area contributed by atoms with E-state index in [1.807, 2.05) is 27.7 Å². The van der Waals surface area contributed by atoms with Crippen molar-refractivity contribution in [3.63, 3.8) is 0 Å². The van der Waals surface area contributed by atoms with Crippen LogP contribution in [0.25, 0.3) is 0 Å². The number of hydrogen-bond donors (Lipinski definition) is 2. The minimum atomic E-state index is -3.89. The molecule has 3 rings (SSSR count). The molecule has 1 aromatic carbocycles. The first-order valence-corrected chi connectivity index (χ1v) is 14.1. The molecular weight excluding hydrogens is 498 g/mol. The van der Waals surface area contributed by atoms with E-state index in [-0.39, 0.29) is 53.8 Å². The van der Waals surface area contributed by atoms with Crippen LogP contribution in [0.1, 0.15) is 63.7 Å². The largest absolute Gasteiger partial charge is 0.383 e. The highest BCUT2D eigenvalue weighted by molar-refractivity contribution is 7.89. The molecular formula is C25H37N5O6S. The molecule has 12 heteroatoms. The first kappa shape index (κ1) is 28.6. The summed E-state index contributed by atoms with van der Waals surface area (Å²) in [6.45, 7) is 8.41. The maximum Gasteiger partial charge on any atom is 0.330 e. The molecule has 0 saturated carbocycles. The van der Waals surface area contributed by atoms with Crippen molar-refractivity contribution in [1.29, 1.82) is 0 Å². The van der Waals surface area contributed by atoms with Gasteiger partial charge in [0.25, 0.3) is 11.5 Å². The van der Waals surface area contributed by atoms with E-state index in [0.29, 0.717) is 19.4 Å². The van der Waals surface area contributed by atoms with Crippen LogP contribution in [0.2, 0.25) is 0 Å². The number of H-pyrrole nitrogens is 1. The number of rotatable bonds is 10. The van der Waals surface area contributed by atoms with Gasteiger partial charge in [-0.05, 0) is 44.9 Å². The van der Waals surface area contributed by atoms with Gasteiger partial charge in [-0.15, -0.1) is 0 Å². The second-order valence-corrected chi connectivity index (χ2v) is 11.4. The van der Waals surface area contributed by atoms with E-state index in [0.717, 1.165) is 12.8 Å². The predicted octanol–water partition coefficient (Wildman–Crippen LogP) is 2.16. The van der Waals surface area contributed by atoms with E-state index < -0.39 is 27.2 Å². The number of hydrogen-bond acceptors (Lipinski definition) is 7. The fourth-order valence-corrected chi connectivity index (χ4v) is 6.07. The van der Waals surface area contributed by atoms with Crippen LogP contribution in [-0.2, 0) is 21.3 Å². The van der Waals surface area contributed by atoms with Gasteiger partial charge < -0.3 is 15.4 Å². The Hall–Kier alpha value is -2.96. The number of aromatic nitrogens is 2. The van der Waals surface area contributed by atoms with Gasteiger partial charge in [-0.2, -0.15) is 4.31 Å². The minimum absolute atomic E-state index is 0.0233. The van der Waals surface area contributed by atoms with Gasteiger partial charge in [0.05, 0.1) is 17.1 Å². The molecule has 3 N–H and O–H groups in total. The number of nitrogens with one attached hydrogen (secondary N) is 1. The summed E-state index contributed by atoms with van der Waals surface area (Å²) in [5, 5.41) is 0. The fraction of sp³-hybridized carbons (Fsp3) is 0.560. The van der Waals surface area contributed by atoms with E-state index in [1.54, 1.807) is 0 Å². The predicted molar refractivity (Wildman–Crippen MR) is 142 cm³/mol. The summed E-state index contributed by atoms with van der Waals surface area (Å²) < 4.78 is 35.0. The maximum atomic E-state index is 13.7. The Balaban J connectivity index is 2.04. The number of nitrogen functional groups attached to an aromatic ring is 1. The Labute approximate surface area is 217 Å². The molecule has 2 heterocycles. The maximum absolute atomic E-state index is 13.7. The number of anilines is 2. The smallest absolute Gasteiger partial charge is 0.330 e. The van der Waals surface area contributed by atoms with Crippen molar-refractivity contribution in [3.05, 3.63) is 50.7 Å². The monoisotopic (exact) mass is 535 g/mol. The van der Waals surface area contributed by atoms with Crippen LogP contribution in [0.4, 0.5) is 11.5 Å². The number of unbranched alkanes of at least 4 members (excludes halogenated alkanes) is 2. The van der Waals surface area contributed by atoms with Gasteiger partial charge >= 0.3 is 5.69 Å². The van der Waals surface area contributed by atoms with Crippen molar-refractivity contribution in [2.75, 3.05) is 30.3 Å². The topological polar surface area (TPSA) is 148 Å². The second-order valence-electron chi connectivity index (χ2n) is 9.42. The van der Waals surface area contributed by atoms with Gasteiger partial charge in [-0.25, -0.2) is 13.2 Å². The molecule has 0 radical (unpaired) electrons. The summed E-state index contributed by atoms with van der Waals surface area (Å²) in [5.74, 6) is -0.668. The molecule has 0 unspecified atom stereocenters. The van der Waals surface area contributed by atoms with Crippen LogP contribution < -0.4 is 21.9 Å². The first-order valence-electron chi connectivity index (χ1n) is 12.7. The minimum Gasteiger partial charge on any atom is -0.383 e. The Morgan fingerprint density at radius 3 is 2.41 bits per heavy atom. The van der Waals surface area contributed by atoms with Gasteiger partial charge in [0.15, 0.2) is 5.69 Å². The van der Waals surface area contributed by atoms with Gasteiger partial charge in [0.1, 0.15) is 5.82 Å². The highest BCUT2D eigenvalue weighted by atomic mass is 32.2. The van der Waals surface area contributed by atoms with Crippen molar-refractivity contribution in [1.82, 2.24) is 13.9 Å². The molecule has 204 valence electrons. The normalized spacial score (nSPS) is 18.6. The van der Waals surface area contributed by atoms with Gasteiger partial charge in [0.2, 0.25) is 10.0 Å². The van der Waals surface area contributed by atoms with Crippen molar-refractivity contribution in [3.8, 4) is 0 Å². The lowest BCUT2D eigenvalue weighted by atomic mass is 10.1. The zero-order valence-corrected chi connectivity index (χ0v) is 22.7. The lowest BCUT2D eigenvalue weighted by molar-refractivity contribution is -0.0440. The number of amides is 1. The number of sulfonamides is 1. The third-order valence-corrected chi connectivity index (χ3v) is 8.13. The molecule has 0 aliphatic carbocycles. The molecule has 0 bridgehead atoms. The summed E-state index contributed by atoms with van der Waals surface area (Å²) >= 11 is 0. The van der Waals surface area contributed by atoms with E-state index >= 15 is 0 Å². The van der Waals surface area contributed by atoms with Crippen LogP contribution >= 0.6 is 0 Å². The molecule has 1 amide bonds. The van der Waals surface area contributed by atoms with Gasteiger partial charge in [0, 0.05) is 31.7 Å². The molecule has 1 aliphatic heterocycles. The number of carbonyl (C=O) groups is 1. The fourth-order valence-electron chi connectivity index (χ4n) is 4.43. The van der Waals surface area contributed by atoms with Crippen molar-refractivity contribution in [2.24, 2.45) is 0 Å². The zero-order valence-electron chi connectivity index (χ0n) is 21.9. The second kappa shape index (κ2) is 12.1. The number of nitrogens with two attached hydrogens (primary N) is 1. The molecule has 0 spiro atoms. The average molecular weight is 536 g/mol. The summed E-state index contributed by atoms with van der Waals surface area (Å²) in [4.78, 5) is 42.5. The SMILES string of the molecule is CCCCN(C(=O)c1cccc(S(=O)(=O)N2C[C@H](C)O[C@@H](C)C2)c1)c1c(N)n(CCCC)c(=O)[nH]c1=O. The van der Waals surface area contributed by atoms with Crippen LogP contribution in [0.15, 0.2) is 38.8 Å². The Morgan fingerprint density at radius 1 is 1.14 bits per heavy atom. The quantitative estimate of drug-likeness (QED) is 0.474. The van der Waals surface area contributed by atoms with Crippen molar-refractivity contribution < 1.29 is 17.9 Å². The molecule has 1 saturated heterocycles. The first-order chi connectivity index (χ1) is 17.5. The Kier molecular flexibility index (Phi) is 9.32. The molecule has 1 fully saturated rings. The number of ether oxygens (including phenoxy) is 1. The van der Waals surface area contributed by atoms with Crippen molar-refractivity contribution >= 4 is 27.4 Å². The lowest BCUT2D eigenvalue weighted by Gasteiger charge is -2.34. The molecule has 1 aromatic heterocycles. The van der Waals surface area contributed by atoms with Crippen LogP contribution in [-0.4, -0.2) is 60.0 Å². The molecule has 37 heavy (non-hydrogen) atoms. The van der Waals surface area contributed by atoms with Crippen LogP contribution in [0.5, 0.6) is 0 Å². The zero-order chi connectivity index (χ0) is 27.3. The van der Waals surface area contributed by atoms with Gasteiger partial charge in [-0.1, -0.05) is 32.8 Å². The Bertz CT molecular complexity index is 1330. The number of carbonyl (C=O) groups excluding carboxylic acids is 1. The summed E-state index contributed by atoms with van der Waals surface area (Å²) in [7, 11) is -3.89.